The van der Waals surface area contributed by atoms with Crippen LogP contribution < -0.4 is 15.8 Å². The molecule has 2 aromatic heterocycles. The Labute approximate surface area is 135 Å². The van der Waals surface area contributed by atoms with Crippen molar-refractivity contribution in [1.29, 1.82) is 0 Å². The summed E-state index contributed by atoms with van der Waals surface area (Å²) in [6.45, 7) is 1.16. The van der Waals surface area contributed by atoms with Crippen LogP contribution in [-0.2, 0) is 6.18 Å². The highest BCUT2D eigenvalue weighted by Gasteiger charge is 2.33. The molecular weight excluding hydrogens is 325 g/mol. The van der Waals surface area contributed by atoms with Gasteiger partial charge in [0.25, 0.3) is 5.56 Å². The summed E-state index contributed by atoms with van der Waals surface area (Å²) in [7, 11) is 0. The first-order chi connectivity index (χ1) is 11.4. The lowest BCUT2D eigenvalue weighted by Crippen LogP contribution is -2.41. The lowest BCUT2D eigenvalue weighted by atomic mass is 10.1. The number of alkyl halides is 3. The molecular formula is C14H15F3N6O. The van der Waals surface area contributed by atoms with Crippen LogP contribution in [0.2, 0.25) is 0 Å². The Morgan fingerprint density at radius 3 is 2.62 bits per heavy atom. The molecule has 0 aliphatic carbocycles. The van der Waals surface area contributed by atoms with Crippen molar-refractivity contribution in [1.82, 2.24) is 19.9 Å². The fourth-order valence-corrected chi connectivity index (χ4v) is 2.61. The molecule has 10 heteroatoms. The van der Waals surface area contributed by atoms with Crippen molar-refractivity contribution >= 4 is 11.6 Å². The van der Waals surface area contributed by atoms with Crippen molar-refractivity contribution in [2.75, 3.05) is 23.3 Å². The fraction of sp³-hybridized carbons (Fsp3) is 0.429. The Hall–Kier alpha value is -2.65. The summed E-state index contributed by atoms with van der Waals surface area (Å²) in [6, 6.07) is 0.871. The van der Waals surface area contributed by atoms with Crippen LogP contribution in [0, 0.1) is 0 Å². The van der Waals surface area contributed by atoms with E-state index in [0.717, 1.165) is 12.4 Å². The average molecular weight is 340 g/mol. The first-order valence-corrected chi connectivity index (χ1v) is 7.38. The molecule has 0 aromatic carbocycles. The van der Waals surface area contributed by atoms with E-state index in [1.54, 1.807) is 0 Å². The van der Waals surface area contributed by atoms with Crippen LogP contribution in [0.15, 0.2) is 29.6 Å². The predicted molar refractivity (Wildman–Crippen MR) is 80.7 cm³/mol. The molecule has 2 N–H and O–H groups in total. The second-order valence-corrected chi connectivity index (χ2v) is 5.43. The molecule has 7 nitrogen and oxygen atoms in total. The first kappa shape index (κ1) is 16.2. The molecule has 0 saturated carbocycles. The zero-order valence-electron chi connectivity index (χ0n) is 12.5. The van der Waals surface area contributed by atoms with Crippen LogP contribution in [-0.4, -0.2) is 39.1 Å². The maximum Gasteiger partial charge on any atom is 0.433 e. The molecule has 0 amide bonds. The van der Waals surface area contributed by atoms with E-state index in [1.807, 2.05) is 4.90 Å². The Morgan fingerprint density at radius 1 is 1.21 bits per heavy atom. The SMILES string of the molecule is O=c1[nH]ccnc1N1CCC(Nc2cc(C(F)(F)F)ncn2)CC1. The maximum atomic E-state index is 12.7. The molecule has 1 saturated heterocycles. The van der Waals surface area contributed by atoms with E-state index < -0.39 is 11.9 Å². The van der Waals surface area contributed by atoms with Crippen LogP contribution in [0.3, 0.4) is 0 Å². The molecule has 3 rings (SSSR count). The van der Waals surface area contributed by atoms with E-state index in [0.29, 0.717) is 31.7 Å². The molecule has 3 heterocycles. The number of piperidine rings is 1. The van der Waals surface area contributed by atoms with E-state index in [4.69, 9.17) is 0 Å². The molecule has 1 aliphatic heterocycles. The summed E-state index contributed by atoms with van der Waals surface area (Å²) < 4.78 is 38.0. The summed E-state index contributed by atoms with van der Waals surface area (Å²) in [4.78, 5) is 27.3. The lowest BCUT2D eigenvalue weighted by molar-refractivity contribution is -0.141. The topological polar surface area (TPSA) is 86.8 Å². The number of aromatic amines is 1. The van der Waals surface area contributed by atoms with Crippen molar-refractivity contribution in [2.45, 2.75) is 25.1 Å². The highest BCUT2D eigenvalue weighted by molar-refractivity contribution is 5.39. The Balaban J connectivity index is 1.62. The number of nitrogens with zero attached hydrogens (tertiary/aromatic N) is 4. The largest absolute Gasteiger partial charge is 0.433 e. The molecule has 0 bridgehead atoms. The summed E-state index contributed by atoms with van der Waals surface area (Å²) in [5.74, 6) is 0.504. The normalized spacial score (nSPS) is 16.2. The number of halogens is 3. The van der Waals surface area contributed by atoms with Gasteiger partial charge in [-0.25, -0.2) is 15.0 Å². The molecule has 24 heavy (non-hydrogen) atoms. The van der Waals surface area contributed by atoms with Gasteiger partial charge in [-0.1, -0.05) is 0 Å². The van der Waals surface area contributed by atoms with Crippen molar-refractivity contribution in [3.05, 3.63) is 40.8 Å². The first-order valence-electron chi connectivity index (χ1n) is 7.38. The Kier molecular flexibility index (Phi) is 4.36. The molecule has 128 valence electrons. The number of anilines is 2. The van der Waals surface area contributed by atoms with Crippen molar-refractivity contribution in [3.8, 4) is 0 Å². The molecule has 1 aliphatic rings. The number of hydrogen-bond donors (Lipinski definition) is 2. The zero-order valence-corrected chi connectivity index (χ0v) is 12.5. The second kappa shape index (κ2) is 6.46. The molecule has 0 unspecified atom stereocenters. The summed E-state index contributed by atoms with van der Waals surface area (Å²) in [5, 5.41) is 3.00. The average Bonchev–Trinajstić information content (AvgIpc) is 2.56. The third-order valence-electron chi connectivity index (χ3n) is 3.79. The number of nitrogens with one attached hydrogen (secondary N) is 2. The smallest absolute Gasteiger partial charge is 0.367 e. The van der Waals surface area contributed by atoms with Crippen molar-refractivity contribution in [2.24, 2.45) is 0 Å². The highest BCUT2D eigenvalue weighted by Crippen LogP contribution is 2.28. The van der Waals surface area contributed by atoms with E-state index in [1.165, 1.54) is 12.4 Å². The van der Waals surface area contributed by atoms with Gasteiger partial charge in [0.2, 0.25) is 0 Å². The minimum absolute atomic E-state index is 0.0278. The van der Waals surface area contributed by atoms with Crippen molar-refractivity contribution < 1.29 is 13.2 Å². The van der Waals surface area contributed by atoms with Gasteiger partial charge in [-0.2, -0.15) is 13.2 Å². The molecule has 0 atom stereocenters. The van der Waals surface area contributed by atoms with E-state index in [-0.39, 0.29) is 17.4 Å². The van der Waals surface area contributed by atoms with Gasteiger partial charge in [-0.15, -0.1) is 0 Å². The minimum Gasteiger partial charge on any atom is -0.367 e. The molecule has 0 spiro atoms. The van der Waals surface area contributed by atoms with E-state index in [2.05, 4.69) is 25.3 Å². The number of aromatic nitrogens is 4. The Bertz CT molecular complexity index is 754. The van der Waals surface area contributed by atoms with Gasteiger partial charge >= 0.3 is 6.18 Å². The highest BCUT2D eigenvalue weighted by atomic mass is 19.4. The second-order valence-electron chi connectivity index (χ2n) is 5.43. The van der Waals surface area contributed by atoms with Crippen LogP contribution in [0.25, 0.3) is 0 Å². The number of H-pyrrole nitrogens is 1. The van der Waals surface area contributed by atoms with Gasteiger partial charge in [-0.3, -0.25) is 4.79 Å². The van der Waals surface area contributed by atoms with Crippen LogP contribution in [0.4, 0.5) is 24.8 Å². The van der Waals surface area contributed by atoms with Crippen LogP contribution in [0.1, 0.15) is 18.5 Å². The standard InChI is InChI=1S/C14H15F3N6O/c15-14(16,17)10-7-11(21-8-20-10)22-9-1-5-23(6-2-9)12-13(24)19-4-3-18-12/h3-4,7-9H,1-2,5-6H2,(H,19,24)(H,20,21,22). The van der Waals surface area contributed by atoms with E-state index >= 15 is 0 Å². The molecule has 2 aromatic rings. The van der Waals surface area contributed by atoms with Crippen LogP contribution >= 0.6 is 0 Å². The summed E-state index contributed by atoms with van der Waals surface area (Å²) in [6.07, 6.45) is 0.688. The zero-order chi connectivity index (χ0) is 17.2. The quantitative estimate of drug-likeness (QED) is 0.884. The fourth-order valence-electron chi connectivity index (χ4n) is 2.61. The Morgan fingerprint density at radius 2 is 1.96 bits per heavy atom. The third-order valence-corrected chi connectivity index (χ3v) is 3.79. The third kappa shape index (κ3) is 3.63. The lowest BCUT2D eigenvalue weighted by Gasteiger charge is -2.32. The molecule has 1 fully saturated rings. The van der Waals surface area contributed by atoms with Crippen LogP contribution in [0.5, 0.6) is 0 Å². The number of rotatable bonds is 3. The predicted octanol–water partition coefficient (Wildman–Crippen LogP) is 1.66. The van der Waals surface area contributed by atoms with Gasteiger partial charge in [0.1, 0.15) is 17.8 Å². The van der Waals surface area contributed by atoms with E-state index in [9.17, 15) is 18.0 Å². The van der Waals surface area contributed by atoms with Gasteiger partial charge in [-0.05, 0) is 12.8 Å². The number of hydrogen-bond acceptors (Lipinski definition) is 6. The molecule has 0 radical (unpaired) electrons. The monoisotopic (exact) mass is 340 g/mol. The van der Waals surface area contributed by atoms with Gasteiger partial charge in [0.05, 0.1) is 0 Å². The van der Waals surface area contributed by atoms with Gasteiger partial charge < -0.3 is 15.2 Å². The summed E-state index contributed by atoms with van der Waals surface area (Å²) >= 11 is 0. The van der Waals surface area contributed by atoms with Gasteiger partial charge in [0.15, 0.2) is 5.82 Å². The maximum absolute atomic E-state index is 12.7. The minimum atomic E-state index is -4.50. The summed E-state index contributed by atoms with van der Waals surface area (Å²) in [5.41, 5.74) is -1.23. The van der Waals surface area contributed by atoms with Gasteiger partial charge in [0, 0.05) is 37.6 Å². The van der Waals surface area contributed by atoms with Crippen molar-refractivity contribution in [3.63, 3.8) is 0 Å².